The van der Waals surface area contributed by atoms with Crippen molar-refractivity contribution in [1.29, 1.82) is 0 Å². The summed E-state index contributed by atoms with van der Waals surface area (Å²) in [6, 6.07) is 8.24. The van der Waals surface area contributed by atoms with Crippen LogP contribution in [0.5, 0.6) is 0 Å². The number of carbonyl (C=O) groups excluding carboxylic acids is 1. The second-order valence-corrected chi connectivity index (χ2v) is 5.50. The Morgan fingerprint density at radius 3 is 2.73 bits per heavy atom. The highest BCUT2D eigenvalue weighted by Crippen LogP contribution is 2.26. The molecule has 1 saturated carbocycles. The molecule has 0 atom stereocenters. The second kappa shape index (κ2) is 5.10. The Morgan fingerprint density at radius 2 is 2.07 bits per heavy atom. The van der Waals surface area contributed by atoms with Gasteiger partial charge in [0, 0.05) is 15.9 Å². The highest BCUT2D eigenvalue weighted by atomic mass is 127. The molecule has 0 N–H and O–H groups in total. The number of Topliss-reactive ketones (excluding diaryl/α,β-unsaturated/α-hetero) is 1. The average Bonchev–Trinajstić information content (AvgIpc) is 2.70. The van der Waals surface area contributed by atoms with Gasteiger partial charge in [0.2, 0.25) is 0 Å². The number of carbonyl (C=O) groups is 1. The molecule has 80 valence electrons. The summed E-state index contributed by atoms with van der Waals surface area (Å²) < 4.78 is 1.21. The van der Waals surface area contributed by atoms with Crippen molar-refractivity contribution < 1.29 is 4.79 Å². The summed E-state index contributed by atoms with van der Waals surface area (Å²) in [6.07, 6.45) is 5.33. The lowest BCUT2D eigenvalue weighted by Crippen LogP contribution is -2.13. The minimum Gasteiger partial charge on any atom is -0.299 e. The van der Waals surface area contributed by atoms with E-state index in [1.807, 2.05) is 6.07 Å². The lowest BCUT2D eigenvalue weighted by molar-refractivity contribution is -0.122. The number of hydrogen-bond acceptors (Lipinski definition) is 1. The van der Waals surface area contributed by atoms with Gasteiger partial charge in [-0.25, -0.2) is 0 Å². The number of ketones is 1. The van der Waals surface area contributed by atoms with E-state index in [2.05, 4.69) is 40.8 Å². The zero-order chi connectivity index (χ0) is 10.7. The first kappa shape index (κ1) is 11.1. The van der Waals surface area contributed by atoms with Crippen molar-refractivity contribution in [3.63, 3.8) is 0 Å². The van der Waals surface area contributed by atoms with Crippen molar-refractivity contribution in [3.8, 4) is 0 Å². The highest BCUT2D eigenvalue weighted by molar-refractivity contribution is 14.1. The van der Waals surface area contributed by atoms with Gasteiger partial charge in [-0.2, -0.15) is 0 Å². The van der Waals surface area contributed by atoms with E-state index >= 15 is 0 Å². The topological polar surface area (TPSA) is 17.1 Å². The fraction of sp³-hybridized carbons (Fsp3) is 0.462. The molecule has 1 aromatic carbocycles. The molecule has 1 fully saturated rings. The Balaban J connectivity index is 1.99. The molecule has 1 aliphatic rings. The second-order valence-electron chi connectivity index (χ2n) is 4.25. The van der Waals surface area contributed by atoms with Crippen LogP contribution in [0.15, 0.2) is 24.3 Å². The molecule has 15 heavy (non-hydrogen) atoms. The van der Waals surface area contributed by atoms with E-state index in [0.29, 0.717) is 18.1 Å². The largest absolute Gasteiger partial charge is 0.299 e. The third-order valence-corrected chi connectivity index (χ3v) is 3.75. The molecule has 0 amide bonds. The number of benzene rings is 1. The first-order valence-corrected chi connectivity index (χ1v) is 6.61. The summed E-state index contributed by atoms with van der Waals surface area (Å²) in [5.41, 5.74) is 1.17. The molecular formula is C13H15IO. The predicted molar refractivity (Wildman–Crippen MR) is 69.8 cm³/mol. The number of hydrogen-bond donors (Lipinski definition) is 0. The van der Waals surface area contributed by atoms with Gasteiger partial charge >= 0.3 is 0 Å². The van der Waals surface area contributed by atoms with Crippen LogP contribution in [0, 0.1) is 9.49 Å². The zero-order valence-corrected chi connectivity index (χ0v) is 10.9. The van der Waals surface area contributed by atoms with Crippen molar-refractivity contribution in [1.82, 2.24) is 0 Å². The van der Waals surface area contributed by atoms with Crippen LogP contribution in [0.3, 0.4) is 0 Å². The lowest BCUT2D eigenvalue weighted by Gasteiger charge is -2.07. The third kappa shape index (κ3) is 3.03. The van der Waals surface area contributed by atoms with Crippen molar-refractivity contribution in [2.75, 3.05) is 0 Å². The van der Waals surface area contributed by atoms with Gasteiger partial charge in [0.1, 0.15) is 5.78 Å². The first-order valence-electron chi connectivity index (χ1n) is 5.53. The van der Waals surface area contributed by atoms with Gasteiger partial charge in [0.15, 0.2) is 0 Å². The SMILES string of the molecule is O=C(Cc1cccc(I)c1)C1CCCC1. The average molecular weight is 314 g/mol. The molecule has 0 radical (unpaired) electrons. The van der Waals surface area contributed by atoms with Crippen LogP contribution in [-0.4, -0.2) is 5.78 Å². The van der Waals surface area contributed by atoms with Crippen LogP contribution in [0.1, 0.15) is 31.2 Å². The summed E-state index contributed by atoms with van der Waals surface area (Å²) in [5, 5.41) is 0. The standard InChI is InChI=1S/C13H15IO/c14-12-7-3-4-10(8-12)9-13(15)11-5-1-2-6-11/h3-4,7-8,11H,1-2,5-6,9H2. The van der Waals surface area contributed by atoms with Gasteiger partial charge in [0.25, 0.3) is 0 Å². The molecule has 0 spiro atoms. The van der Waals surface area contributed by atoms with Gasteiger partial charge in [-0.3, -0.25) is 4.79 Å². The van der Waals surface area contributed by atoms with Gasteiger partial charge in [-0.15, -0.1) is 0 Å². The zero-order valence-electron chi connectivity index (χ0n) is 8.71. The Hall–Kier alpha value is -0.380. The van der Waals surface area contributed by atoms with E-state index in [4.69, 9.17) is 0 Å². The fourth-order valence-corrected chi connectivity index (χ4v) is 2.85. The van der Waals surface area contributed by atoms with Crippen molar-refractivity contribution in [2.24, 2.45) is 5.92 Å². The molecule has 0 heterocycles. The van der Waals surface area contributed by atoms with E-state index < -0.39 is 0 Å². The molecule has 0 unspecified atom stereocenters. The van der Waals surface area contributed by atoms with Crippen LogP contribution < -0.4 is 0 Å². The van der Waals surface area contributed by atoms with Gasteiger partial charge in [0.05, 0.1) is 0 Å². The Bertz CT molecular complexity index is 353. The molecule has 1 aliphatic carbocycles. The van der Waals surface area contributed by atoms with Gasteiger partial charge in [-0.05, 0) is 53.1 Å². The summed E-state index contributed by atoms with van der Waals surface area (Å²) in [6.45, 7) is 0. The summed E-state index contributed by atoms with van der Waals surface area (Å²) in [7, 11) is 0. The summed E-state index contributed by atoms with van der Waals surface area (Å²) in [4.78, 5) is 11.9. The molecule has 0 aromatic heterocycles. The lowest BCUT2D eigenvalue weighted by atomic mass is 9.97. The number of halogens is 1. The first-order chi connectivity index (χ1) is 7.25. The maximum Gasteiger partial charge on any atom is 0.140 e. The van der Waals surface area contributed by atoms with Crippen molar-refractivity contribution >= 4 is 28.4 Å². The molecule has 0 aliphatic heterocycles. The Kier molecular flexibility index (Phi) is 3.78. The van der Waals surface area contributed by atoms with Crippen LogP contribution >= 0.6 is 22.6 Å². The summed E-state index contributed by atoms with van der Waals surface area (Å²) >= 11 is 2.29. The van der Waals surface area contributed by atoms with E-state index in [9.17, 15) is 4.79 Å². The molecule has 1 aromatic rings. The van der Waals surface area contributed by atoms with E-state index in [-0.39, 0.29) is 0 Å². The minimum absolute atomic E-state index is 0.350. The summed E-state index contributed by atoms with van der Waals surface area (Å²) in [5.74, 6) is 0.789. The molecule has 1 nitrogen and oxygen atoms in total. The molecule has 2 heteroatoms. The number of rotatable bonds is 3. The van der Waals surface area contributed by atoms with Gasteiger partial charge < -0.3 is 0 Å². The maximum absolute atomic E-state index is 11.9. The Morgan fingerprint density at radius 1 is 1.33 bits per heavy atom. The molecular weight excluding hydrogens is 299 g/mol. The van der Waals surface area contributed by atoms with E-state index in [0.717, 1.165) is 12.8 Å². The predicted octanol–water partition coefficient (Wildman–Crippen LogP) is 3.59. The fourth-order valence-electron chi connectivity index (χ4n) is 2.24. The third-order valence-electron chi connectivity index (χ3n) is 3.08. The quantitative estimate of drug-likeness (QED) is 0.779. The van der Waals surface area contributed by atoms with Gasteiger partial charge in [-0.1, -0.05) is 25.0 Å². The smallest absolute Gasteiger partial charge is 0.140 e. The van der Waals surface area contributed by atoms with Crippen molar-refractivity contribution in [3.05, 3.63) is 33.4 Å². The van der Waals surface area contributed by atoms with Crippen LogP contribution in [0.25, 0.3) is 0 Å². The molecule has 2 rings (SSSR count). The van der Waals surface area contributed by atoms with Crippen molar-refractivity contribution in [2.45, 2.75) is 32.1 Å². The van der Waals surface area contributed by atoms with E-state index in [1.165, 1.54) is 22.0 Å². The van der Waals surface area contributed by atoms with Crippen LogP contribution in [0.2, 0.25) is 0 Å². The van der Waals surface area contributed by atoms with Crippen LogP contribution in [-0.2, 0) is 11.2 Å². The molecule has 0 saturated heterocycles. The maximum atomic E-state index is 11.9. The minimum atomic E-state index is 0.350. The van der Waals surface area contributed by atoms with Crippen LogP contribution in [0.4, 0.5) is 0 Å². The monoisotopic (exact) mass is 314 g/mol. The highest BCUT2D eigenvalue weighted by Gasteiger charge is 2.22. The Labute approximate surface area is 104 Å². The molecule has 0 bridgehead atoms. The van der Waals surface area contributed by atoms with E-state index in [1.54, 1.807) is 0 Å². The normalized spacial score (nSPS) is 16.9.